The van der Waals surface area contributed by atoms with Gasteiger partial charge in [0.1, 0.15) is 12.3 Å². The molecule has 0 heterocycles. The lowest BCUT2D eigenvalue weighted by atomic mass is 10.1. The molecule has 0 aliphatic rings. The third kappa shape index (κ3) is 6.38. The van der Waals surface area contributed by atoms with E-state index in [0.717, 1.165) is 10.5 Å². The highest BCUT2D eigenvalue weighted by Crippen LogP contribution is 2.30. The van der Waals surface area contributed by atoms with Crippen LogP contribution in [0.15, 0.2) is 42.5 Å². The van der Waals surface area contributed by atoms with Crippen LogP contribution in [-0.2, 0) is 16.1 Å². The number of methoxy groups -OCH3 is 3. The summed E-state index contributed by atoms with van der Waals surface area (Å²) in [7, 11) is 8.28. The molecule has 2 N–H and O–H groups in total. The Kier molecular flexibility index (Phi) is 8.49. The Morgan fingerprint density at radius 1 is 1.03 bits per heavy atom. The molecule has 2 amide bonds. The summed E-state index contributed by atoms with van der Waals surface area (Å²) in [6.45, 7) is 0.783. The zero-order valence-corrected chi connectivity index (χ0v) is 18.2. The molecule has 1 unspecified atom stereocenters. The van der Waals surface area contributed by atoms with Gasteiger partial charge in [-0.05, 0) is 24.3 Å². The first-order valence-corrected chi connectivity index (χ1v) is 9.57. The molecular formula is C22H30N3O5+. The fraction of sp³-hybridized carbons (Fsp3) is 0.364. The van der Waals surface area contributed by atoms with E-state index in [9.17, 15) is 9.59 Å². The number of carbonyl (C=O) groups excluding carboxylic acids is 2. The Morgan fingerprint density at radius 2 is 1.77 bits per heavy atom. The average Bonchev–Trinajstić information content (AvgIpc) is 2.73. The molecule has 2 aromatic rings. The standard InChI is InChI=1S/C22H29N3O5/c1-24(13-16-8-6-11-19(29-4)22(16)30-5)15-21(27)25(2)14-20(26)23-17-9-7-10-18(12-17)28-3/h6-12H,13-15H2,1-5H3,(H,23,26)/p+1. The predicted molar refractivity (Wildman–Crippen MR) is 114 cm³/mol. The van der Waals surface area contributed by atoms with Gasteiger partial charge in [-0.15, -0.1) is 0 Å². The number of nitrogens with one attached hydrogen (secondary N) is 2. The number of benzene rings is 2. The van der Waals surface area contributed by atoms with Crippen LogP contribution >= 0.6 is 0 Å². The van der Waals surface area contributed by atoms with Crippen LogP contribution in [0.1, 0.15) is 5.56 Å². The molecule has 0 saturated heterocycles. The van der Waals surface area contributed by atoms with Gasteiger partial charge in [0.25, 0.3) is 5.91 Å². The van der Waals surface area contributed by atoms with Crippen molar-refractivity contribution in [2.24, 2.45) is 0 Å². The van der Waals surface area contributed by atoms with Gasteiger partial charge in [0, 0.05) is 18.8 Å². The number of rotatable bonds is 10. The van der Waals surface area contributed by atoms with Gasteiger partial charge >= 0.3 is 0 Å². The van der Waals surface area contributed by atoms with Gasteiger partial charge in [0.2, 0.25) is 5.91 Å². The zero-order valence-electron chi connectivity index (χ0n) is 18.2. The van der Waals surface area contributed by atoms with E-state index < -0.39 is 0 Å². The lowest BCUT2D eigenvalue weighted by Crippen LogP contribution is -3.08. The maximum absolute atomic E-state index is 12.6. The molecule has 2 aromatic carbocycles. The van der Waals surface area contributed by atoms with Gasteiger partial charge in [-0.1, -0.05) is 12.1 Å². The molecule has 0 fully saturated rings. The van der Waals surface area contributed by atoms with Crippen LogP contribution in [0, 0.1) is 0 Å². The highest BCUT2D eigenvalue weighted by atomic mass is 16.5. The summed E-state index contributed by atoms with van der Waals surface area (Å²) in [5.41, 5.74) is 1.56. The number of hydrogen-bond acceptors (Lipinski definition) is 5. The van der Waals surface area contributed by atoms with Crippen LogP contribution in [0.4, 0.5) is 5.69 Å². The summed E-state index contributed by atoms with van der Waals surface area (Å²) < 4.78 is 15.9. The summed E-state index contributed by atoms with van der Waals surface area (Å²) in [4.78, 5) is 27.2. The first-order valence-electron chi connectivity index (χ1n) is 9.57. The van der Waals surface area contributed by atoms with Gasteiger partial charge in [-0.3, -0.25) is 9.59 Å². The zero-order chi connectivity index (χ0) is 22.1. The highest BCUT2D eigenvalue weighted by molar-refractivity contribution is 5.94. The van der Waals surface area contributed by atoms with Gasteiger partial charge in [-0.25, -0.2) is 0 Å². The number of likely N-dealkylation sites (N-methyl/N-ethyl adjacent to an activating group) is 2. The van der Waals surface area contributed by atoms with Crippen molar-refractivity contribution in [1.29, 1.82) is 0 Å². The normalized spacial score (nSPS) is 11.4. The monoisotopic (exact) mass is 416 g/mol. The smallest absolute Gasteiger partial charge is 0.277 e. The van der Waals surface area contributed by atoms with Crippen molar-refractivity contribution in [1.82, 2.24) is 4.90 Å². The van der Waals surface area contributed by atoms with E-state index >= 15 is 0 Å². The van der Waals surface area contributed by atoms with Crippen LogP contribution in [-0.4, -0.2) is 65.2 Å². The third-order valence-electron chi connectivity index (χ3n) is 4.59. The van der Waals surface area contributed by atoms with E-state index in [0.29, 0.717) is 29.5 Å². The topological polar surface area (TPSA) is 81.5 Å². The molecule has 1 atom stereocenters. The number of para-hydroxylation sites is 1. The minimum atomic E-state index is -0.272. The van der Waals surface area contributed by atoms with Gasteiger partial charge in [0.15, 0.2) is 18.0 Å². The summed E-state index contributed by atoms with van der Waals surface area (Å²) >= 11 is 0. The number of hydrogen-bond donors (Lipinski definition) is 2. The van der Waals surface area contributed by atoms with E-state index in [1.165, 1.54) is 4.90 Å². The van der Waals surface area contributed by atoms with E-state index in [2.05, 4.69) is 5.32 Å². The molecular weight excluding hydrogens is 386 g/mol. The van der Waals surface area contributed by atoms with E-state index in [1.54, 1.807) is 52.6 Å². The minimum absolute atomic E-state index is 0.0359. The van der Waals surface area contributed by atoms with Crippen LogP contribution in [0.2, 0.25) is 0 Å². The van der Waals surface area contributed by atoms with Crippen LogP contribution in [0.5, 0.6) is 17.2 Å². The maximum atomic E-state index is 12.6. The Labute approximate surface area is 177 Å². The van der Waals surface area contributed by atoms with Crippen molar-refractivity contribution in [3.05, 3.63) is 48.0 Å². The maximum Gasteiger partial charge on any atom is 0.277 e. The summed E-state index contributed by atoms with van der Waals surface area (Å²) in [6, 6.07) is 12.7. The largest absolute Gasteiger partial charge is 0.497 e. The summed E-state index contributed by atoms with van der Waals surface area (Å²) in [5.74, 6) is 1.56. The molecule has 0 saturated carbocycles. The molecule has 30 heavy (non-hydrogen) atoms. The molecule has 2 rings (SSSR count). The Balaban J connectivity index is 1.89. The van der Waals surface area contributed by atoms with Crippen molar-refractivity contribution in [2.75, 3.05) is 53.8 Å². The van der Waals surface area contributed by atoms with Crippen molar-refractivity contribution in [2.45, 2.75) is 6.54 Å². The second-order valence-electron chi connectivity index (χ2n) is 6.99. The molecule has 0 radical (unpaired) electrons. The van der Waals surface area contributed by atoms with Gasteiger partial charge < -0.3 is 29.3 Å². The Morgan fingerprint density at radius 3 is 2.43 bits per heavy atom. The minimum Gasteiger partial charge on any atom is -0.497 e. The molecule has 0 spiro atoms. The first kappa shape index (κ1) is 23.0. The molecule has 0 bridgehead atoms. The molecule has 0 aliphatic heterocycles. The SMILES string of the molecule is COc1cccc(NC(=O)CN(C)C(=O)C[NH+](C)Cc2cccc(OC)c2OC)c1. The third-order valence-corrected chi connectivity index (χ3v) is 4.59. The Hall–Kier alpha value is -3.26. The van der Waals surface area contributed by atoms with Crippen molar-refractivity contribution < 1.29 is 28.7 Å². The number of nitrogens with zero attached hydrogens (tertiary/aromatic N) is 1. The second-order valence-corrected chi connectivity index (χ2v) is 6.99. The predicted octanol–water partition coefficient (Wildman–Crippen LogP) is 0.824. The molecule has 0 aromatic heterocycles. The highest BCUT2D eigenvalue weighted by Gasteiger charge is 2.19. The van der Waals surface area contributed by atoms with Crippen molar-refractivity contribution >= 4 is 17.5 Å². The number of ether oxygens (including phenoxy) is 3. The number of anilines is 1. The fourth-order valence-electron chi connectivity index (χ4n) is 3.08. The first-order chi connectivity index (χ1) is 14.4. The molecule has 0 aliphatic carbocycles. The lowest BCUT2D eigenvalue weighted by Gasteiger charge is -2.21. The molecule has 8 heteroatoms. The number of quaternary nitrogens is 1. The average molecular weight is 416 g/mol. The second kappa shape index (κ2) is 11.1. The van der Waals surface area contributed by atoms with Crippen LogP contribution < -0.4 is 24.4 Å². The quantitative estimate of drug-likeness (QED) is 0.600. The van der Waals surface area contributed by atoms with E-state index in [-0.39, 0.29) is 24.9 Å². The van der Waals surface area contributed by atoms with Crippen molar-refractivity contribution in [3.8, 4) is 17.2 Å². The summed E-state index contributed by atoms with van der Waals surface area (Å²) in [6.07, 6.45) is 0. The number of amides is 2. The molecule has 8 nitrogen and oxygen atoms in total. The van der Waals surface area contributed by atoms with Crippen LogP contribution in [0.25, 0.3) is 0 Å². The van der Waals surface area contributed by atoms with E-state index in [1.807, 2.05) is 25.2 Å². The van der Waals surface area contributed by atoms with Crippen LogP contribution in [0.3, 0.4) is 0 Å². The Bertz CT molecular complexity index is 872. The fourth-order valence-corrected chi connectivity index (χ4v) is 3.08. The summed E-state index contributed by atoms with van der Waals surface area (Å²) in [5, 5.41) is 2.77. The number of carbonyl (C=O) groups is 2. The van der Waals surface area contributed by atoms with Crippen molar-refractivity contribution in [3.63, 3.8) is 0 Å². The van der Waals surface area contributed by atoms with Gasteiger partial charge in [-0.2, -0.15) is 0 Å². The van der Waals surface area contributed by atoms with E-state index in [4.69, 9.17) is 14.2 Å². The lowest BCUT2D eigenvalue weighted by molar-refractivity contribution is -0.885. The van der Waals surface area contributed by atoms with Gasteiger partial charge in [0.05, 0.1) is 40.5 Å². The molecule has 162 valence electrons.